The second-order valence-electron chi connectivity index (χ2n) is 5.40. The first-order valence-corrected chi connectivity index (χ1v) is 6.56. The average molecular weight is 291 g/mol. The third-order valence-corrected chi connectivity index (χ3v) is 2.23. The summed E-state index contributed by atoms with van der Waals surface area (Å²) in [7, 11) is 0. The van der Waals surface area contributed by atoms with Gasteiger partial charge in [0.25, 0.3) is 0 Å². The third kappa shape index (κ3) is 7.61. The molecule has 6 heteroatoms. The Morgan fingerprint density at radius 3 is 2.67 bits per heavy atom. The molecule has 6 nitrogen and oxygen atoms in total. The number of amides is 3. The van der Waals surface area contributed by atoms with E-state index in [2.05, 4.69) is 10.6 Å². The fraction of sp³-hybridized carbons (Fsp3) is 0.333. The lowest BCUT2D eigenvalue weighted by molar-refractivity contribution is 0.0534. The van der Waals surface area contributed by atoms with E-state index < -0.39 is 17.7 Å². The zero-order valence-electron chi connectivity index (χ0n) is 12.5. The highest BCUT2D eigenvalue weighted by Crippen LogP contribution is 2.11. The fourth-order valence-corrected chi connectivity index (χ4v) is 1.51. The molecular formula is C15H21N3O3. The van der Waals surface area contributed by atoms with Crippen LogP contribution >= 0.6 is 0 Å². The molecule has 114 valence electrons. The van der Waals surface area contributed by atoms with Crippen molar-refractivity contribution >= 4 is 23.9 Å². The van der Waals surface area contributed by atoms with E-state index in [1.807, 2.05) is 12.1 Å². The van der Waals surface area contributed by atoms with Crippen molar-refractivity contribution in [1.82, 2.24) is 5.32 Å². The average Bonchev–Trinajstić information content (AvgIpc) is 2.32. The van der Waals surface area contributed by atoms with Crippen LogP contribution in [0.4, 0.5) is 15.3 Å². The zero-order valence-corrected chi connectivity index (χ0v) is 12.5. The molecule has 0 atom stereocenters. The first-order chi connectivity index (χ1) is 9.76. The molecule has 0 fully saturated rings. The lowest BCUT2D eigenvalue weighted by Crippen LogP contribution is -2.32. The topological polar surface area (TPSA) is 93.4 Å². The van der Waals surface area contributed by atoms with Crippen molar-refractivity contribution in [3.05, 3.63) is 35.9 Å². The van der Waals surface area contributed by atoms with Crippen LogP contribution in [0.1, 0.15) is 26.3 Å². The second-order valence-corrected chi connectivity index (χ2v) is 5.40. The summed E-state index contributed by atoms with van der Waals surface area (Å²) in [6.45, 7) is 5.77. The molecule has 0 saturated heterocycles. The molecule has 0 spiro atoms. The van der Waals surface area contributed by atoms with E-state index in [4.69, 9.17) is 10.5 Å². The van der Waals surface area contributed by atoms with Crippen molar-refractivity contribution in [3.63, 3.8) is 0 Å². The smallest absolute Gasteiger partial charge is 0.407 e. The quantitative estimate of drug-likeness (QED) is 0.796. The van der Waals surface area contributed by atoms with E-state index in [0.717, 1.165) is 5.56 Å². The highest BCUT2D eigenvalue weighted by Gasteiger charge is 2.14. The Morgan fingerprint density at radius 1 is 1.33 bits per heavy atom. The summed E-state index contributed by atoms with van der Waals surface area (Å²) in [6.07, 6.45) is 3.15. The Balaban J connectivity index is 2.47. The summed E-state index contributed by atoms with van der Waals surface area (Å²) in [5, 5.41) is 5.11. The largest absolute Gasteiger partial charge is 0.444 e. The van der Waals surface area contributed by atoms with E-state index >= 15 is 0 Å². The molecule has 4 N–H and O–H groups in total. The van der Waals surface area contributed by atoms with Gasteiger partial charge >= 0.3 is 12.1 Å². The van der Waals surface area contributed by atoms with Crippen LogP contribution in [0, 0.1) is 0 Å². The van der Waals surface area contributed by atoms with Crippen LogP contribution in [-0.4, -0.2) is 24.3 Å². The number of urea groups is 1. The Hall–Kier alpha value is -2.50. The number of alkyl carbamates (subject to hydrolysis) is 1. The molecule has 0 heterocycles. The molecule has 0 saturated carbocycles. The van der Waals surface area contributed by atoms with Gasteiger partial charge in [-0.15, -0.1) is 0 Å². The van der Waals surface area contributed by atoms with Crippen molar-refractivity contribution in [2.24, 2.45) is 5.73 Å². The molecule has 0 radical (unpaired) electrons. The number of hydrogen-bond acceptors (Lipinski definition) is 3. The summed E-state index contributed by atoms with van der Waals surface area (Å²) in [4.78, 5) is 22.2. The molecule has 0 unspecified atom stereocenters. The Labute approximate surface area is 124 Å². The van der Waals surface area contributed by atoms with Crippen LogP contribution in [0.3, 0.4) is 0 Å². The predicted molar refractivity (Wildman–Crippen MR) is 82.9 cm³/mol. The maximum Gasteiger partial charge on any atom is 0.407 e. The number of ether oxygens (including phenoxy) is 1. The summed E-state index contributed by atoms with van der Waals surface area (Å²) in [5.74, 6) is 0. The van der Waals surface area contributed by atoms with Crippen molar-refractivity contribution in [2.45, 2.75) is 26.4 Å². The molecule has 0 aliphatic rings. The molecule has 21 heavy (non-hydrogen) atoms. The minimum absolute atomic E-state index is 0.350. The summed E-state index contributed by atoms with van der Waals surface area (Å²) < 4.78 is 5.11. The Bertz CT molecular complexity index is 533. The number of benzene rings is 1. The number of nitrogens with one attached hydrogen (secondary N) is 2. The fourth-order valence-electron chi connectivity index (χ4n) is 1.51. The molecule has 0 aliphatic carbocycles. The van der Waals surface area contributed by atoms with Gasteiger partial charge in [0.05, 0.1) is 0 Å². The zero-order chi connectivity index (χ0) is 15.9. The van der Waals surface area contributed by atoms with Gasteiger partial charge in [0.2, 0.25) is 0 Å². The monoisotopic (exact) mass is 291 g/mol. The maximum atomic E-state index is 11.4. The lowest BCUT2D eigenvalue weighted by atomic mass is 10.2. The van der Waals surface area contributed by atoms with Gasteiger partial charge in [-0.05, 0) is 38.5 Å². The minimum Gasteiger partial charge on any atom is -0.444 e. The minimum atomic E-state index is -0.609. The van der Waals surface area contributed by atoms with Crippen molar-refractivity contribution in [3.8, 4) is 0 Å². The third-order valence-electron chi connectivity index (χ3n) is 2.23. The van der Waals surface area contributed by atoms with Gasteiger partial charge in [0.15, 0.2) is 0 Å². The number of rotatable bonds is 4. The summed E-state index contributed by atoms with van der Waals surface area (Å²) in [5.41, 5.74) is 6.04. The Kier molecular flexibility index (Phi) is 5.78. The molecule has 3 amide bonds. The van der Waals surface area contributed by atoms with Crippen LogP contribution in [0.15, 0.2) is 30.3 Å². The van der Waals surface area contributed by atoms with Crippen molar-refractivity contribution < 1.29 is 14.3 Å². The first-order valence-electron chi connectivity index (χ1n) is 6.56. The normalized spacial score (nSPS) is 11.2. The van der Waals surface area contributed by atoms with E-state index in [-0.39, 0.29) is 0 Å². The molecule has 0 aliphatic heterocycles. The molecule has 0 bridgehead atoms. The van der Waals surface area contributed by atoms with Crippen LogP contribution in [-0.2, 0) is 4.74 Å². The van der Waals surface area contributed by atoms with E-state index in [0.29, 0.717) is 12.2 Å². The van der Waals surface area contributed by atoms with Gasteiger partial charge in [-0.1, -0.05) is 24.3 Å². The number of hydrogen-bond donors (Lipinski definition) is 3. The maximum absolute atomic E-state index is 11.4. The molecule has 1 aromatic carbocycles. The molecule has 0 aromatic heterocycles. The van der Waals surface area contributed by atoms with Gasteiger partial charge < -0.3 is 21.1 Å². The number of primary amides is 1. The highest BCUT2D eigenvalue weighted by atomic mass is 16.6. The predicted octanol–water partition coefficient (Wildman–Crippen LogP) is 2.72. The number of carbonyl (C=O) groups excluding carboxylic acids is 2. The summed E-state index contributed by atoms with van der Waals surface area (Å²) in [6, 6.07) is 6.57. The standard InChI is InChI=1S/C15H21N3O3/c1-15(2,3)21-14(20)17-9-5-7-11-6-4-8-12(10-11)18-13(16)19/h4-8,10H,9H2,1-3H3,(H,17,20)(H3,16,18,19). The van der Waals surface area contributed by atoms with Crippen LogP contribution in [0.5, 0.6) is 0 Å². The molecule has 1 rings (SSSR count). The summed E-state index contributed by atoms with van der Waals surface area (Å²) >= 11 is 0. The number of carbonyl (C=O) groups is 2. The van der Waals surface area contributed by atoms with Gasteiger partial charge in [0, 0.05) is 12.2 Å². The number of nitrogens with two attached hydrogens (primary N) is 1. The number of anilines is 1. The molecular weight excluding hydrogens is 270 g/mol. The van der Waals surface area contributed by atoms with Crippen molar-refractivity contribution in [1.29, 1.82) is 0 Å². The van der Waals surface area contributed by atoms with Crippen molar-refractivity contribution in [2.75, 3.05) is 11.9 Å². The van der Waals surface area contributed by atoms with Gasteiger partial charge in [-0.2, -0.15) is 0 Å². The van der Waals surface area contributed by atoms with Gasteiger partial charge in [-0.25, -0.2) is 9.59 Å². The molecule has 1 aromatic rings. The lowest BCUT2D eigenvalue weighted by Gasteiger charge is -2.19. The Morgan fingerprint density at radius 2 is 2.05 bits per heavy atom. The SMILES string of the molecule is CC(C)(C)OC(=O)NCC=Cc1cccc(NC(N)=O)c1. The van der Waals surface area contributed by atoms with Crippen LogP contribution in [0.25, 0.3) is 6.08 Å². The van der Waals surface area contributed by atoms with Gasteiger partial charge in [-0.3, -0.25) is 0 Å². The van der Waals surface area contributed by atoms with Crippen LogP contribution in [0.2, 0.25) is 0 Å². The highest BCUT2D eigenvalue weighted by molar-refractivity contribution is 5.88. The second kappa shape index (κ2) is 7.33. The van der Waals surface area contributed by atoms with E-state index in [9.17, 15) is 9.59 Å². The van der Waals surface area contributed by atoms with Gasteiger partial charge in [0.1, 0.15) is 5.60 Å². The van der Waals surface area contributed by atoms with E-state index in [1.165, 1.54) is 0 Å². The van der Waals surface area contributed by atoms with E-state index in [1.54, 1.807) is 45.0 Å². The van der Waals surface area contributed by atoms with Crippen LogP contribution < -0.4 is 16.4 Å². The first kappa shape index (κ1) is 16.6.